The minimum atomic E-state index is 0.963. The van der Waals surface area contributed by atoms with Crippen LogP contribution in [0.5, 0.6) is 0 Å². The monoisotopic (exact) mass is 780 g/mol. The molecule has 0 saturated carbocycles. The average molecular weight is 781 g/mol. The summed E-state index contributed by atoms with van der Waals surface area (Å²) in [5.41, 5.74) is 20.3. The molecule has 2 heteroatoms. The minimum Gasteiger partial charge on any atom is -0.310 e. The highest BCUT2D eigenvalue weighted by atomic mass is 15.2. The number of hydrogen-bond donors (Lipinski definition) is 0. The number of nitrogens with zero attached hydrogens (tertiary/aromatic N) is 2. The van der Waals surface area contributed by atoms with Gasteiger partial charge in [-0.15, -0.1) is 0 Å². The summed E-state index contributed by atoms with van der Waals surface area (Å²) >= 11 is 0. The first-order chi connectivity index (χ1) is 29.5. The van der Waals surface area contributed by atoms with E-state index < -0.39 is 0 Å². The highest BCUT2D eigenvalue weighted by molar-refractivity contribution is 5.84. The van der Waals surface area contributed by atoms with E-state index in [4.69, 9.17) is 0 Å². The number of hydrogen-bond acceptors (Lipinski definition) is 2. The van der Waals surface area contributed by atoms with Crippen LogP contribution in [-0.4, -0.2) is 0 Å². The zero-order chi connectivity index (χ0) is 41.3. The molecular weight excluding hydrogens is 725 g/mol. The van der Waals surface area contributed by atoms with Crippen LogP contribution in [-0.2, 0) is 38.5 Å². The maximum absolute atomic E-state index is 2.44. The van der Waals surface area contributed by atoms with Gasteiger partial charge >= 0.3 is 0 Å². The van der Waals surface area contributed by atoms with E-state index in [1.54, 1.807) is 0 Å². The predicted octanol–water partition coefficient (Wildman–Crippen LogP) is 15.6. The van der Waals surface area contributed by atoms with Crippen molar-refractivity contribution in [3.63, 3.8) is 0 Å². The first-order valence-corrected chi connectivity index (χ1v) is 21.7. The molecule has 0 aliphatic rings. The predicted molar refractivity (Wildman–Crippen MR) is 257 cm³/mol. The van der Waals surface area contributed by atoms with Crippen molar-refractivity contribution >= 4 is 34.1 Å². The van der Waals surface area contributed by atoms with Crippen LogP contribution in [0.15, 0.2) is 194 Å². The lowest BCUT2D eigenvalue weighted by atomic mass is 10.00. The second kappa shape index (κ2) is 19.0. The molecule has 0 fully saturated rings. The van der Waals surface area contributed by atoms with Gasteiger partial charge in [-0.2, -0.15) is 0 Å². The topological polar surface area (TPSA) is 6.48 Å². The van der Waals surface area contributed by atoms with Crippen molar-refractivity contribution in [2.75, 3.05) is 9.80 Å². The zero-order valence-electron chi connectivity index (χ0n) is 35.6. The van der Waals surface area contributed by atoms with Crippen LogP contribution in [0.2, 0.25) is 0 Å². The van der Waals surface area contributed by atoms with E-state index in [9.17, 15) is 0 Å². The SMILES string of the molecule is CCc1cccc(C)c1N(c1ccc(CCc2ccccc2)cc1)c1ccc(-c2ccc(N(c3ccc(CCc4ccccc4)cc3)c3c(C)cccc3CC)cc2)cc1. The number of aryl methyl sites for hydroxylation is 8. The van der Waals surface area contributed by atoms with Gasteiger partial charge in [-0.3, -0.25) is 0 Å². The molecule has 0 bridgehead atoms. The van der Waals surface area contributed by atoms with Gasteiger partial charge in [0.25, 0.3) is 0 Å². The van der Waals surface area contributed by atoms with Gasteiger partial charge in [0, 0.05) is 22.7 Å². The van der Waals surface area contributed by atoms with E-state index in [0.29, 0.717) is 0 Å². The van der Waals surface area contributed by atoms with Crippen molar-refractivity contribution in [3.05, 3.63) is 239 Å². The Labute approximate surface area is 358 Å². The van der Waals surface area contributed by atoms with Crippen LogP contribution in [0.25, 0.3) is 11.1 Å². The van der Waals surface area contributed by atoms with Gasteiger partial charge in [0.1, 0.15) is 0 Å². The summed E-state index contributed by atoms with van der Waals surface area (Å²) in [4.78, 5) is 4.89. The number of anilines is 6. The molecule has 0 radical (unpaired) electrons. The van der Waals surface area contributed by atoms with Gasteiger partial charge in [-0.25, -0.2) is 0 Å². The normalized spacial score (nSPS) is 11.1. The van der Waals surface area contributed by atoms with E-state index in [0.717, 1.165) is 49.9 Å². The van der Waals surface area contributed by atoms with Crippen LogP contribution in [0.3, 0.4) is 0 Å². The fraction of sp³-hybridized carbons (Fsp3) is 0.172. The van der Waals surface area contributed by atoms with Crippen molar-refractivity contribution in [2.45, 2.75) is 66.2 Å². The Balaban J connectivity index is 1.08. The number of rotatable bonds is 15. The van der Waals surface area contributed by atoms with E-state index in [2.05, 4.69) is 232 Å². The van der Waals surface area contributed by atoms with E-state index in [-0.39, 0.29) is 0 Å². The van der Waals surface area contributed by atoms with E-state index in [1.807, 2.05) is 0 Å². The summed E-state index contributed by atoms with van der Waals surface area (Å²) in [5, 5.41) is 0. The second-order valence-electron chi connectivity index (χ2n) is 15.9. The molecule has 8 aromatic rings. The Morgan fingerprint density at radius 1 is 0.300 bits per heavy atom. The smallest absolute Gasteiger partial charge is 0.0522 e. The van der Waals surface area contributed by atoms with E-state index in [1.165, 1.54) is 78.4 Å². The molecule has 8 rings (SSSR count). The molecule has 298 valence electrons. The molecule has 0 aromatic heterocycles. The van der Waals surface area contributed by atoms with Crippen LogP contribution < -0.4 is 9.80 Å². The molecule has 0 N–H and O–H groups in total. The third-order valence-corrected chi connectivity index (χ3v) is 11.9. The first kappa shape index (κ1) is 40.2. The maximum atomic E-state index is 2.44. The van der Waals surface area contributed by atoms with Crippen molar-refractivity contribution in [3.8, 4) is 11.1 Å². The second-order valence-corrected chi connectivity index (χ2v) is 15.9. The Morgan fingerprint density at radius 2 is 0.600 bits per heavy atom. The third kappa shape index (κ3) is 9.14. The average Bonchev–Trinajstić information content (AvgIpc) is 3.30. The Bertz CT molecular complexity index is 2400. The molecule has 2 nitrogen and oxygen atoms in total. The summed E-state index contributed by atoms with van der Waals surface area (Å²) in [6.07, 6.45) is 6.04. The lowest BCUT2D eigenvalue weighted by molar-refractivity contribution is 0.960. The fourth-order valence-corrected chi connectivity index (χ4v) is 8.56. The Morgan fingerprint density at radius 3 is 0.917 bits per heavy atom. The number of para-hydroxylation sites is 2. The maximum Gasteiger partial charge on any atom is 0.0522 e. The Kier molecular flexibility index (Phi) is 12.7. The molecule has 0 unspecified atom stereocenters. The van der Waals surface area contributed by atoms with Gasteiger partial charge in [0.2, 0.25) is 0 Å². The summed E-state index contributed by atoms with van der Waals surface area (Å²) in [5.74, 6) is 0. The van der Waals surface area contributed by atoms with Crippen molar-refractivity contribution in [1.29, 1.82) is 0 Å². The van der Waals surface area contributed by atoms with Gasteiger partial charge in [0.15, 0.2) is 0 Å². The van der Waals surface area contributed by atoms with Crippen LogP contribution >= 0.6 is 0 Å². The molecule has 0 aliphatic heterocycles. The molecule has 8 aromatic carbocycles. The summed E-state index contributed by atoms with van der Waals surface area (Å²) < 4.78 is 0. The van der Waals surface area contributed by atoms with Crippen molar-refractivity contribution in [2.24, 2.45) is 0 Å². The van der Waals surface area contributed by atoms with Gasteiger partial charge < -0.3 is 9.80 Å². The summed E-state index contributed by atoms with van der Waals surface area (Å²) in [7, 11) is 0. The molecular formula is C58H56N2. The van der Waals surface area contributed by atoms with Gasteiger partial charge in [0.05, 0.1) is 11.4 Å². The van der Waals surface area contributed by atoms with Gasteiger partial charge in [-0.1, -0.05) is 159 Å². The highest BCUT2D eigenvalue weighted by Gasteiger charge is 2.20. The standard InChI is InChI=1S/C58H56N2/c1-5-49-21-13-15-43(3)57(49)59(53-35-27-47(28-36-53)25-23-45-17-9-7-10-18-45)55-39-31-51(32-40-55)52-33-41-56(42-34-52)60(58-44(4)16-14-22-50(58)6-2)54-37-29-48(30-38-54)26-24-46-19-11-8-12-20-46/h7-22,27-42H,5-6,23-26H2,1-4H3. The van der Waals surface area contributed by atoms with Crippen LogP contribution in [0, 0.1) is 13.8 Å². The number of benzene rings is 8. The lowest BCUT2D eigenvalue weighted by Gasteiger charge is -2.30. The van der Waals surface area contributed by atoms with E-state index >= 15 is 0 Å². The molecule has 60 heavy (non-hydrogen) atoms. The largest absolute Gasteiger partial charge is 0.310 e. The molecule has 0 amide bonds. The van der Waals surface area contributed by atoms with Crippen molar-refractivity contribution in [1.82, 2.24) is 0 Å². The van der Waals surface area contributed by atoms with Gasteiger partial charge in [-0.05, 0) is 157 Å². The minimum absolute atomic E-state index is 0.963. The summed E-state index contributed by atoms with van der Waals surface area (Å²) in [6, 6.07) is 71.5. The zero-order valence-corrected chi connectivity index (χ0v) is 35.6. The lowest BCUT2D eigenvalue weighted by Crippen LogP contribution is -2.14. The summed E-state index contributed by atoms with van der Waals surface area (Å²) in [6.45, 7) is 8.97. The fourth-order valence-electron chi connectivity index (χ4n) is 8.56. The van der Waals surface area contributed by atoms with Crippen LogP contribution in [0.4, 0.5) is 34.1 Å². The van der Waals surface area contributed by atoms with Crippen LogP contribution in [0.1, 0.15) is 58.4 Å². The quantitative estimate of drug-likeness (QED) is 0.102. The molecule has 0 heterocycles. The molecule has 0 spiro atoms. The first-order valence-electron chi connectivity index (χ1n) is 21.7. The molecule has 0 aliphatic carbocycles. The van der Waals surface area contributed by atoms with Crippen molar-refractivity contribution < 1.29 is 0 Å². The third-order valence-electron chi connectivity index (χ3n) is 11.9. The molecule has 0 saturated heterocycles. The highest BCUT2D eigenvalue weighted by Crippen LogP contribution is 2.42. The Hall–Kier alpha value is -6.64. The molecule has 0 atom stereocenters.